The van der Waals surface area contributed by atoms with Crippen molar-refractivity contribution in [2.75, 3.05) is 0 Å². The summed E-state index contributed by atoms with van der Waals surface area (Å²) < 4.78 is 1.85. The first-order chi connectivity index (χ1) is 3.80. The third-order valence-corrected chi connectivity index (χ3v) is 1.38. The summed E-state index contributed by atoms with van der Waals surface area (Å²) in [7, 11) is 1.91. The minimum Gasteiger partial charge on any atom is -0.191 e. The Balaban J connectivity index is 0.000000640. The summed E-state index contributed by atoms with van der Waals surface area (Å²) in [5, 5.41) is 0.757. The number of rotatable bonds is 0. The molecule has 3 heteroatoms. The van der Waals surface area contributed by atoms with E-state index in [9.17, 15) is 0 Å². The van der Waals surface area contributed by atoms with Crippen LogP contribution >= 0.6 is 35.6 Å². The van der Waals surface area contributed by atoms with E-state index in [1.807, 2.05) is 36.0 Å². The molecule has 0 aliphatic rings. The maximum absolute atomic E-state index is 5.67. The van der Waals surface area contributed by atoms with Gasteiger partial charge in [-0.05, 0) is 17.7 Å². The Bertz CT molecular complexity index is 169. The zero-order chi connectivity index (χ0) is 5.98. The highest BCUT2D eigenvalue weighted by molar-refractivity contribution is 14.0. The fraction of sp³-hybridized carbons (Fsp3) is 0.167. The Morgan fingerprint density at radius 2 is 2.11 bits per heavy atom. The Morgan fingerprint density at radius 3 is 2.44 bits per heavy atom. The minimum absolute atomic E-state index is 0. The summed E-state index contributed by atoms with van der Waals surface area (Å²) in [5.41, 5.74) is 0. The van der Waals surface area contributed by atoms with Crippen LogP contribution in [0, 0.1) is 0 Å². The molecule has 1 nitrogen and oxygen atoms in total. The lowest BCUT2D eigenvalue weighted by Crippen LogP contribution is -2.27. The van der Waals surface area contributed by atoms with E-state index in [1.165, 1.54) is 0 Å². The Morgan fingerprint density at radius 1 is 1.44 bits per heavy atom. The van der Waals surface area contributed by atoms with Crippen LogP contribution in [-0.2, 0) is 7.05 Å². The maximum Gasteiger partial charge on any atom is 0.274 e. The fourth-order valence-electron chi connectivity index (χ4n) is 0.503. The number of pyridine rings is 1. The zero-order valence-corrected chi connectivity index (χ0v) is 8.13. The highest BCUT2D eigenvalue weighted by atomic mass is 127. The van der Waals surface area contributed by atoms with Gasteiger partial charge in [0.1, 0.15) is 7.05 Å². The van der Waals surface area contributed by atoms with Gasteiger partial charge in [-0.25, -0.2) is 0 Å². The number of halogens is 2. The molecule has 0 amide bonds. The lowest BCUT2D eigenvalue weighted by Gasteiger charge is -1.84. The third-order valence-electron chi connectivity index (χ3n) is 0.991. The van der Waals surface area contributed by atoms with Crippen molar-refractivity contribution in [3.63, 3.8) is 0 Å². The fourth-order valence-corrected chi connectivity index (χ4v) is 0.632. The second-order valence-electron chi connectivity index (χ2n) is 1.63. The van der Waals surface area contributed by atoms with Crippen LogP contribution in [0.5, 0.6) is 0 Å². The molecule has 0 radical (unpaired) electrons. The molecular formula is C6H8ClIN+. The molecule has 0 fully saturated rings. The van der Waals surface area contributed by atoms with Crippen molar-refractivity contribution in [3.8, 4) is 0 Å². The molecule has 0 aliphatic heterocycles. The van der Waals surface area contributed by atoms with Gasteiger partial charge in [-0.2, -0.15) is 4.57 Å². The predicted octanol–water partition coefficient (Wildman–Crippen LogP) is 1.78. The Hall–Kier alpha value is 0.170. The average molecular weight is 256 g/mol. The van der Waals surface area contributed by atoms with Gasteiger partial charge in [0.25, 0.3) is 5.15 Å². The molecule has 0 N–H and O–H groups in total. The van der Waals surface area contributed by atoms with Crippen molar-refractivity contribution in [2.24, 2.45) is 7.05 Å². The van der Waals surface area contributed by atoms with Gasteiger partial charge in [-0.1, -0.05) is 0 Å². The Kier molecular flexibility index (Phi) is 4.14. The van der Waals surface area contributed by atoms with E-state index in [1.54, 1.807) is 0 Å². The summed E-state index contributed by atoms with van der Waals surface area (Å²) in [4.78, 5) is 0. The normalized spacial score (nSPS) is 8.22. The van der Waals surface area contributed by atoms with E-state index < -0.39 is 0 Å². The Labute approximate surface area is 76.7 Å². The summed E-state index contributed by atoms with van der Waals surface area (Å²) >= 11 is 5.67. The lowest BCUT2D eigenvalue weighted by molar-refractivity contribution is -0.669. The number of aryl methyl sites for hydroxylation is 1. The van der Waals surface area contributed by atoms with Gasteiger partial charge in [0.2, 0.25) is 0 Å². The SMILES string of the molecule is C[n+]1ccccc1Cl.I. The van der Waals surface area contributed by atoms with Crippen molar-refractivity contribution in [2.45, 2.75) is 0 Å². The van der Waals surface area contributed by atoms with Crippen LogP contribution in [0.1, 0.15) is 0 Å². The lowest BCUT2D eigenvalue weighted by atomic mass is 10.5. The highest BCUT2D eigenvalue weighted by Crippen LogP contribution is 1.95. The smallest absolute Gasteiger partial charge is 0.191 e. The van der Waals surface area contributed by atoms with E-state index in [0.717, 1.165) is 5.15 Å². The summed E-state index contributed by atoms with van der Waals surface area (Å²) in [6.45, 7) is 0. The molecule has 0 saturated heterocycles. The first-order valence-corrected chi connectivity index (χ1v) is 2.78. The van der Waals surface area contributed by atoms with Crippen LogP contribution < -0.4 is 4.57 Å². The van der Waals surface area contributed by atoms with E-state index in [4.69, 9.17) is 11.6 Å². The monoisotopic (exact) mass is 256 g/mol. The number of hydrogen-bond acceptors (Lipinski definition) is 0. The summed E-state index contributed by atoms with van der Waals surface area (Å²) in [5.74, 6) is 0. The molecule has 1 aromatic rings. The maximum atomic E-state index is 5.67. The van der Waals surface area contributed by atoms with Gasteiger partial charge >= 0.3 is 0 Å². The van der Waals surface area contributed by atoms with Crippen LogP contribution in [0.25, 0.3) is 0 Å². The first kappa shape index (κ1) is 9.17. The molecule has 0 saturated carbocycles. The molecule has 0 atom stereocenters. The topological polar surface area (TPSA) is 3.88 Å². The number of nitrogens with zero attached hydrogens (tertiary/aromatic N) is 1. The van der Waals surface area contributed by atoms with E-state index in [-0.39, 0.29) is 24.0 Å². The molecule has 0 aromatic carbocycles. The van der Waals surface area contributed by atoms with E-state index >= 15 is 0 Å². The van der Waals surface area contributed by atoms with Gasteiger partial charge in [-0.3, -0.25) is 0 Å². The summed E-state index contributed by atoms with van der Waals surface area (Å²) in [6.07, 6.45) is 1.91. The van der Waals surface area contributed by atoms with Crippen LogP contribution in [0.3, 0.4) is 0 Å². The molecular weight excluding hydrogens is 248 g/mol. The van der Waals surface area contributed by atoms with Gasteiger partial charge < -0.3 is 0 Å². The van der Waals surface area contributed by atoms with Crippen molar-refractivity contribution >= 4 is 35.6 Å². The molecule has 50 valence electrons. The molecule has 0 bridgehead atoms. The first-order valence-electron chi connectivity index (χ1n) is 2.41. The van der Waals surface area contributed by atoms with Gasteiger partial charge in [-0.15, -0.1) is 24.0 Å². The molecule has 1 rings (SSSR count). The van der Waals surface area contributed by atoms with Crippen molar-refractivity contribution in [1.82, 2.24) is 0 Å². The van der Waals surface area contributed by atoms with Crippen molar-refractivity contribution < 1.29 is 4.57 Å². The molecule has 1 aromatic heterocycles. The largest absolute Gasteiger partial charge is 0.274 e. The second kappa shape index (κ2) is 4.06. The molecule has 1 heterocycles. The molecule has 0 unspecified atom stereocenters. The van der Waals surface area contributed by atoms with Crippen molar-refractivity contribution in [3.05, 3.63) is 29.5 Å². The van der Waals surface area contributed by atoms with Crippen LogP contribution in [-0.4, -0.2) is 0 Å². The quantitative estimate of drug-likeness (QED) is 0.378. The van der Waals surface area contributed by atoms with Crippen LogP contribution in [0.2, 0.25) is 5.15 Å². The summed E-state index contributed by atoms with van der Waals surface area (Å²) in [6, 6.07) is 5.69. The van der Waals surface area contributed by atoms with E-state index in [0.29, 0.717) is 0 Å². The molecule has 0 spiro atoms. The third kappa shape index (κ3) is 2.49. The number of aromatic nitrogens is 1. The van der Waals surface area contributed by atoms with Crippen LogP contribution in [0.15, 0.2) is 24.4 Å². The van der Waals surface area contributed by atoms with Gasteiger partial charge in [0.15, 0.2) is 6.20 Å². The minimum atomic E-state index is 0. The van der Waals surface area contributed by atoms with E-state index in [2.05, 4.69) is 0 Å². The zero-order valence-electron chi connectivity index (χ0n) is 5.04. The average Bonchev–Trinajstić information content (AvgIpc) is 1.77. The molecule has 0 aliphatic carbocycles. The predicted molar refractivity (Wildman–Crippen MR) is 48.0 cm³/mol. The van der Waals surface area contributed by atoms with Gasteiger partial charge in [0, 0.05) is 12.1 Å². The highest BCUT2D eigenvalue weighted by Gasteiger charge is 1.94. The number of hydrogen-bond donors (Lipinski definition) is 0. The van der Waals surface area contributed by atoms with Crippen molar-refractivity contribution in [1.29, 1.82) is 0 Å². The second-order valence-corrected chi connectivity index (χ2v) is 2.02. The van der Waals surface area contributed by atoms with Gasteiger partial charge in [0.05, 0.1) is 0 Å². The van der Waals surface area contributed by atoms with Crippen LogP contribution in [0.4, 0.5) is 0 Å². The molecule has 9 heavy (non-hydrogen) atoms. The standard InChI is InChI=1S/C6H7ClN.HI/c1-8-5-3-2-4-6(8)7;/h2-5H,1H3;1H/q+1;.